The van der Waals surface area contributed by atoms with Crippen LogP contribution in [0.1, 0.15) is 17.5 Å². The summed E-state index contributed by atoms with van der Waals surface area (Å²) in [5.41, 5.74) is 2.79. The third-order valence-electron chi connectivity index (χ3n) is 3.31. The second kappa shape index (κ2) is 7.98. The maximum absolute atomic E-state index is 11.8. The van der Waals surface area contributed by atoms with E-state index in [1.807, 2.05) is 31.2 Å². The van der Waals surface area contributed by atoms with Crippen LogP contribution in [0.15, 0.2) is 48.5 Å². The Morgan fingerprint density at radius 1 is 0.957 bits per heavy atom. The standard InChI is InChI=1S/C18H20N2O3/c1-13-3-5-14(6-4-13)12-19-17(21)11-18(22)20-15-7-9-16(23-2)10-8-15/h3-10H,11-12H2,1-2H3,(H,19,21)(H,20,22). The van der Waals surface area contributed by atoms with Gasteiger partial charge < -0.3 is 15.4 Å². The number of carbonyl (C=O) groups is 2. The van der Waals surface area contributed by atoms with Crippen molar-refractivity contribution in [3.05, 3.63) is 59.7 Å². The van der Waals surface area contributed by atoms with Crippen molar-refractivity contribution < 1.29 is 14.3 Å². The molecular formula is C18H20N2O3. The molecule has 0 saturated heterocycles. The van der Waals surface area contributed by atoms with Crippen LogP contribution >= 0.6 is 0 Å². The van der Waals surface area contributed by atoms with Gasteiger partial charge in [0.25, 0.3) is 0 Å². The second-order valence-corrected chi connectivity index (χ2v) is 5.22. The minimum absolute atomic E-state index is 0.210. The summed E-state index contributed by atoms with van der Waals surface area (Å²) in [4.78, 5) is 23.6. The monoisotopic (exact) mass is 312 g/mol. The number of amides is 2. The van der Waals surface area contributed by atoms with E-state index in [2.05, 4.69) is 10.6 Å². The fourth-order valence-electron chi connectivity index (χ4n) is 1.99. The first-order valence-electron chi connectivity index (χ1n) is 7.33. The number of benzene rings is 2. The Hall–Kier alpha value is -2.82. The van der Waals surface area contributed by atoms with Gasteiger partial charge in [0, 0.05) is 12.2 Å². The number of anilines is 1. The number of methoxy groups -OCH3 is 1. The van der Waals surface area contributed by atoms with E-state index in [4.69, 9.17) is 4.74 Å². The Balaban J connectivity index is 1.77. The van der Waals surface area contributed by atoms with Gasteiger partial charge in [0.05, 0.1) is 7.11 Å². The van der Waals surface area contributed by atoms with Crippen LogP contribution in [-0.4, -0.2) is 18.9 Å². The van der Waals surface area contributed by atoms with Gasteiger partial charge in [-0.2, -0.15) is 0 Å². The Morgan fingerprint density at radius 3 is 2.22 bits per heavy atom. The van der Waals surface area contributed by atoms with Gasteiger partial charge in [-0.3, -0.25) is 9.59 Å². The molecule has 5 nitrogen and oxygen atoms in total. The van der Waals surface area contributed by atoms with Gasteiger partial charge in [-0.15, -0.1) is 0 Å². The van der Waals surface area contributed by atoms with Gasteiger partial charge in [-0.1, -0.05) is 29.8 Å². The van der Waals surface area contributed by atoms with E-state index in [1.54, 1.807) is 31.4 Å². The predicted molar refractivity (Wildman–Crippen MR) is 89.3 cm³/mol. The zero-order valence-corrected chi connectivity index (χ0v) is 13.3. The molecule has 0 fully saturated rings. The summed E-state index contributed by atoms with van der Waals surface area (Å²) in [5.74, 6) is 0.0481. The molecule has 120 valence electrons. The average molecular weight is 312 g/mol. The van der Waals surface area contributed by atoms with Crippen LogP contribution < -0.4 is 15.4 Å². The molecule has 0 unspecified atom stereocenters. The van der Waals surface area contributed by atoms with Crippen molar-refractivity contribution in [1.82, 2.24) is 5.32 Å². The van der Waals surface area contributed by atoms with Crippen molar-refractivity contribution in [2.24, 2.45) is 0 Å². The van der Waals surface area contributed by atoms with E-state index in [9.17, 15) is 9.59 Å². The van der Waals surface area contributed by atoms with Crippen LogP contribution in [0.4, 0.5) is 5.69 Å². The second-order valence-electron chi connectivity index (χ2n) is 5.22. The van der Waals surface area contributed by atoms with Crippen LogP contribution in [0.25, 0.3) is 0 Å². The van der Waals surface area contributed by atoms with Gasteiger partial charge in [0.15, 0.2) is 0 Å². The Labute approximate surface area is 135 Å². The van der Waals surface area contributed by atoms with E-state index in [1.165, 1.54) is 5.56 Å². The van der Waals surface area contributed by atoms with E-state index in [0.717, 1.165) is 5.56 Å². The molecule has 0 aliphatic rings. The van der Waals surface area contributed by atoms with Crippen LogP contribution in [0.3, 0.4) is 0 Å². The summed E-state index contributed by atoms with van der Waals surface area (Å²) in [6.07, 6.45) is -0.210. The molecule has 0 heterocycles. The van der Waals surface area contributed by atoms with Gasteiger partial charge >= 0.3 is 0 Å². The minimum Gasteiger partial charge on any atom is -0.497 e. The maximum atomic E-state index is 11.8. The molecule has 2 amide bonds. The molecule has 0 aromatic heterocycles. The lowest BCUT2D eigenvalue weighted by atomic mass is 10.1. The molecule has 2 N–H and O–H groups in total. The number of ether oxygens (including phenoxy) is 1. The highest BCUT2D eigenvalue weighted by Crippen LogP contribution is 2.15. The molecule has 2 aromatic carbocycles. The number of rotatable bonds is 6. The lowest BCUT2D eigenvalue weighted by Gasteiger charge is -2.07. The van der Waals surface area contributed by atoms with Crippen molar-refractivity contribution in [3.8, 4) is 5.75 Å². The first-order valence-corrected chi connectivity index (χ1v) is 7.33. The molecular weight excluding hydrogens is 292 g/mol. The SMILES string of the molecule is COc1ccc(NC(=O)CC(=O)NCc2ccc(C)cc2)cc1. The Kier molecular flexibility index (Phi) is 5.74. The molecule has 2 rings (SSSR count). The van der Waals surface area contributed by atoms with Crippen LogP contribution in [0, 0.1) is 6.92 Å². The lowest BCUT2D eigenvalue weighted by Crippen LogP contribution is -2.27. The van der Waals surface area contributed by atoms with Gasteiger partial charge in [-0.25, -0.2) is 0 Å². The lowest BCUT2D eigenvalue weighted by molar-refractivity contribution is -0.126. The van der Waals surface area contributed by atoms with Gasteiger partial charge in [0.1, 0.15) is 12.2 Å². The zero-order valence-electron chi connectivity index (χ0n) is 13.3. The Bertz CT molecular complexity index is 664. The van der Waals surface area contributed by atoms with E-state index >= 15 is 0 Å². The molecule has 0 spiro atoms. The first-order chi connectivity index (χ1) is 11.1. The highest BCUT2D eigenvalue weighted by atomic mass is 16.5. The number of nitrogens with one attached hydrogen (secondary N) is 2. The highest BCUT2D eigenvalue weighted by molar-refractivity contribution is 6.03. The summed E-state index contributed by atoms with van der Waals surface area (Å²) in [5, 5.41) is 5.41. The van der Waals surface area contributed by atoms with E-state index in [0.29, 0.717) is 18.0 Å². The Morgan fingerprint density at radius 2 is 1.61 bits per heavy atom. The topological polar surface area (TPSA) is 67.4 Å². The predicted octanol–water partition coefficient (Wildman–Crippen LogP) is 2.65. The first kappa shape index (κ1) is 16.5. The summed E-state index contributed by atoms with van der Waals surface area (Å²) >= 11 is 0. The van der Waals surface area contributed by atoms with Gasteiger partial charge in [0.2, 0.25) is 11.8 Å². The molecule has 0 radical (unpaired) electrons. The largest absolute Gasteiger partial charge is 0.497 e. The fraction of sp³-hybridized carbons (Fsp3) is 0.222. The van der Waals surface area contributed by atoms with Crippen molar-refractivity contribution in [1.29, 1.82) is 0 Å². The minimum atomic E-state index is -0.350. The van der Waals surface area contributed by atoms with Crippen molar-refractivity contribution in [2.75, 3.05) is 12.4 Å². The summed E-state index contributed by atoms with van der Waals surface area (Å²) in [6, 6.07) is 14.8. The molecule has 5 heteroatoms. The molecule has 2 aromatic rings. The molecule has 0 atom stereocenters. The van der Waals surface area contributed by atoms with Crippen LogP contribution in [0.2, 0.25) is 0 Å². The summed E-state index contributed by atoms with van der Waals surface area (Å²) < 4.78 is 5.04. The number of hydrogen-bond acceptors (Lipinski definition) is 3. The van der Waals surface area contributed by atoms with Gasteiger partial charge in [-0.05, 0) is 36.8 Å². The van der Waals surface area contributed by atoms with Crippen LogP contribution in [-0.2, 0) is 16.1 Å². The van der Waals surface area contributed by atoms with Crippen molar-refractivity contribution in [3.63, 3.8) is 0 Å². The normalized spacial score (nSPS) is 10.0. The number of aryl methyl sites for hydroxylation is 1. The average Bonchev–Trinajstić information content (AvgIpc) is 2.55. The maximum Gasteiger partial charge on any atom is 0.233 e. The third kappa shape index (κ3) is 5.47. The molecule has 0 bridgehead atoms. The zero-order chi connectivity index (χ0) is 16.7. The van der Waals surface area contributed by atoms with Crippen molar-refractivity contribution >= 4 is 17.5 Å². The summed E-state index contributed by atoms with van der Waals surface area (Å²) in [7, 11) is 1.58. The number of carbonyl (C=O) groups excluding carboxylic acids is 2. The van der Waals surface area contributed by atoms with Crippen LogP contribution in [0.5, 0.6) is 5.75 Å². The highest BCUT2D eigenvalue weighted by Gasteiger charge is 2.09. The number of hydrogen-bond donors (Lipinski definition) is 2. The molecule has 0 aliphatic heterocycles. The van der Waals surface area contributed by atoms with E-state index in [-0.39, 0.29) is 18.2 Å². The smallest absolute Gasteiger partial charge is 0.233 e. The molecule has 0 aliphatic carbocycles. The van der Waals surface area contributed by atoms with E-state index < -0.39 is 0 Å². The molecule has 0 saturated carbocycles. The third-order valence-corrected chi connectivity index (χ3v) is 3.31. The van der Waals surface area contributed by atoms with Crippen molar-refractivity contribution in [2.45, 2.75) is 19.9 Å². The molecule has 23 heavy (non-hydrogen) atoms. The summed E-state index contributed by atoms with van der Waals surface area (Å²) in [6.45, 7) is 2.42. The quantitative estimate of drug-likeness (QED) is 0.806. The fourth-order valence-corrected chi connectivity index (χ4v) is 1.99.